The highest BCUT2D eigenvalue weighted by Crippen LogP contribution is 2.37. The predicted molar refractivity (Wildman–Crippen MR) is 130 cm³/mol. The molecule has 0 saturated heterocycles. The first-order valence-corrected chi connectivity index (χ1v) is 12.1. The zero-order chi connectivity index (χ0) is 24.8. The average Bonchev–Trinajstić information content (AvgIpc) is 3.54. The molecule has 184 valence electrons. The van der Waals surface area contributed by atoms with Gasteiger partial charge in [-0.15, -0.1) is 0 Å². The largest absolute Gasteiger partial charge is 0.444 e. The highest BCUT2D eigenvalue weighted by molar-refractivity contribution is 5.92. The van der Waals surface area contributed by atoms with Gasteiger partial charge in [0.2, 0.25) is 11.8 Å². The molecule has 7 nitrogen and oxygen atoms in total. The van der Waals surface area contributed by atoms with E-state index >= 15 is 0 Å². The highest BCUT2D eigenvalue weighted by atomic mass is 16.6. The molecule has 1 aliphatic carbocycles. The van der Waals surface area contributed by atoms with E-state index < -0.39 is 23.8 Å². The molecule has 0 radical (unpaired) electrons. The second kappa shape index (κ2) is 11.5. The van der Waals surface area contributed by atoms with Crippen LogP contribution in [0.4, 0.5) is 4.79 Å². The lowest BCUT2D eigenvalue weighted by Crippen LogP contribution is -2.53. The molecular formula is C26H41N3O4. The first-order chi connectivity index (χ1) is 15.5. The molecule has 2 unspecified atom stereocenters. The molecule has 33 heavy (non-hydrogen) atoms. The monoisotopic (exact) mass is 459 g/mol. The van der Waals surface area contributed by atoms with Crippen molar-refractivity contribution in [1.82, 2.24) is 15.5 Å². The van der Waals surface area contributed by atoms with Gasteiger partial charge in [0.1, 0.15) is 17.7 Å². The molecule has 7 heteroatoms. The fourth-order valence-corrected chi connectivity index (χ4v) is 3.81. The van der Waals surface area contributed by atoms with Gasteiger partial charge in [-0.3, -0.25) is 9.59 Å². The van der Waals surface area contributed by atoms with E-state index in [1.54, 1.807) is 32.6 Å². The number of nitrogens with one attached hydrogen (secondary N) is 2. The van der Waals surface area contributed by atoms with Crippen molar-refractivity contribution in [3.63, 3.8) is 0 Å². The third kappa shape index (κ3) is 7.76. The lowest BCUT2D eigenvalue weighted by atomic mass is 9.95. The van der Waals surface area contributed by atoms with Crippen molar-refractivity contribution in [2.24, 2.45) is 0 Å². The van der Waals surface area contributed by atoms with Crippen molar-refractivity contribution in [3.05, 3.63) is 34.9 Å². The molecular weight excluding hydrogens is 418 g/mol. The minimum atomic E-state index is -0.819. The van der Waals surface area contributed by atoms with Crippen molar-refractivity contribution >= 4 is 17.9 Å². The van der Waals surface area contributed by atoms with Crippen LogP contribution in [0.15, 0.2) is 18.2 Å². The number of aryl methyl sites for hydroxylation is 1. The van der Waals surface area contributed by atoms with Crippen LogP contribution in [0.25, 0.3) is 0 Å². The Morgan fingerprint density at radius 3 is 2.39 bits per heavy atom. The number of unbranched alkanes of at least 4 members (excludes halogenated alkanes) is 2. The van der Waals surface area contributed by atoms with Crippen molar-refractivity contribution < 1.29 is 19.1 Å². The lowest BCUT2D eigenvalue weighted by Gasteiger charge is -2.34. The zero-order valence-electron chi connectivity index (χ0n) is 21.3. The molecule has 0 heterocycles. The number of benzene rings is 1. The number of carbonyl (C=O) groups excluding carboxylic acids is 3. The summed E-state index contributed by atoms with van der Waals surface area (Å²) in [7, 11) is 0. The number of amides is 3. The van der Waals surface area contributed by atoms with E-state index in [-0.39, 0.29) is 17.9 Å². The summed E-state index contributed by atoms with van der Waals surface area (Å²) >= 11 is 0. The van der Waals surface area contributed by atoms with Crippen LogP contribution in [0, 0.1) is 13.8 Å². The number of rotatable bonds is 10. The second-order valence-electron chi connectivity index (χ2n) is 10.0. The summed E-state index contributed by atoms with van der Waals surface area (Å²) < 4.78 is 5.32. The third-order valence-electron chi connectivity index (χ3n) is 5.85. The van der Waals surface area contributed by atoms with E-state index in [2.05, 4.69) is 17.6 Å². The molecule has 1 saturated carbocycles. The number of hydrogen-bond acceptors (Lipinski definition) is 4. The molecule has 2 N–H and O–H groups in total. The van der Waals surface area contributed by atoms with Gasteiger partial charge in [-0.05, 0) is 77.5 Å². The summed E-state index contributed by atoms with van der Waals surface area (Å²) in [6.45, 7) is 13.6. The normalized spacial score (nSPS) is 15.4. The summed E-state index contributed by atoms with van der Waals surface area (Å²) in [4.78, 5) is 41.0. The Hall–Kier alpha value is -2.57. The summed E-state index contributed by atoms with van der Waals surface area (Å²) in [5, 5.41) is 5.69. The molecule has 1 aromatic rings. The maximum absolute atomic E-state index is 13.6. The van der Waals surface area contributed by atoms with Crippen LogP contribution >= 0.6 is 0 Å². The summed E-state index contributed by atoms with van der Waals surface area (Å²) in [5.74, 6) is -0.456. The van der Waals surface area contributed by atoms with Gasteiger partial charge in [0, 0.05) is 12.6 Å². The standard InChI is InChI=1S/C26H41N3O4/c1-8-9-10-16-27-23(30)22(21-13-11-12-17(2)18(21)3)29(20-14-15-20)24(31)19(4)28-25(32)33-26(5,6)7/h11-13,19-20,22H,8-10,14-16H2,1-7H3,(H,27,30)(H,28,32). The van der Waals surface area contributed by atoms with Gasteiger partial charge in [-0.25, -0.2) is 4.79 Å². The molecule has 2 rings (SSSR count). The third-order valence-corrected chi connectivity index (χ3v) is 5.85. The quantitative estimate of drug-likeness (QED) is 0.502. The average molecular weight is 460 g/mol. The Morgan fingerprint density at radius 2 is 1.82 bits per heavy atom. The Labute approximate surface area is 198 Å². The maximum atomic E-state index is 13.6. The van der Waals surface area contributed by atoms with Gasteiger partial charge in [0.15, 0.2) is 0 Å². The van der Waals surface area contributed by atoms with Crippen LogP contribution in [-0.4, -0.2) is 47.0 Å². The number of alkyl carbamates (subject to hydrolysis) is 1. The number of hydrogen-bond donors (Lipinski definition) is 2. The fraction of sp³-hybridized carbons (Fsp3) is 0.654. The van der Waals surface area contributed by atoms with Crippen LogP contribution in [0.2, 0.25) is 0 Å². The van der Waals surface area contributed by atoms with Crippen molar-refractivity contribution in [2.75, 3.05) is 6.54 Å². The Balaban J connectivity index is 2.32. The van der Waals surface area contributed by atoms with Crippen LogP contribution in [0.5, 0.6) is 0 Å². The molecule has 1 fully saturated rings. The Kier molecular flexibility index (Phi) is 9.32. The van der Waals surface area contributed by atoms with Crippen molar-refractivity contribution in [2.45, 2.75) is 104 Å². The minimum Gasteiger partial charge on any atom is -0.444 e. The summed E-state index contributed by atoms with van der Waals surface area (Å²) in [6.07, 6.45) is 4.04. The topological polar surface area (TPSA) is 87.7 Å². The summed E-state index contributed by atoms with van der Waals surface area (Å²) in [5.41, 5.74) is 2.23. The second-order valence-corrected chi connectivity index (χ2v) is 10.0. The minimum absolute atomic E-state index is 0.0216. The molecule has 0 aliphatic heterocycles. The molecule has 0 spiro atoms. The van der Waals surface area contributed by atoms with Crippen LogP contribution < -0.4 is 10.6 Å². The van der Waals surface area contributed by atoms with Gasteiger partial charge in [0.05, 0.1) is 0 Å². The number of carbonyl (C=O) groups is 3. The number of ether oxygens (including phenoxy) is 1. The SMILES string of the molecule is CCCCCNC(=O)C(c1cccc(C)c1C)N(C(=O)C(C)NC(=O)OC(C)(C)C)C1CC1. The molecule has 0 bridgehead atoms. The van der Waals surface area contributed by atoms with Gasteiger partial charge in [-0.1, -0.05) is 38.0 Å². The van der Waals surface area contributed by atoms with E-state index in [0.717, 1.165) is 48.8 Å². The molecule has 3 amide bonds. The van der Waals surface area contributed by atoms with E-state index in [1.165, 1.54) is 0 Å². The first kappa shape index (κ1) is 26.7. The van der Waals surface area contributed by atoms with Gasteiger partial charge < -0.3 is 20.3 Å². The zero-order valence-corrected chi connectivity index (χ0v) is 21.3. The smallest absolute Gasteiger partial charge is 0.408 e. The van der Waals surface area contributed by atoms with E-state index in [4.69, 9.17) is 4.74 Å². The summed E-state index contributed by atoms with van der Waals surface area (Å²) in [6, 6.07) is 4.27. The Bertz CT molecular complexity index is 842. The molecule has 0 aromatic heterocycles. The molecule has 1 aromatic carbocycles. The van der Waals surface area contributed by atoms with Crippen LogP contribution in [0.1, 0.15) is 89.5 Å². The van der Waals surface area contributed by atoms with Gasteiger partial charge in [-0.2, -0.15) is 0 Å². The van der Waals surface area contributed by atoms with Crippen molar-refractivity contribution in [1.29, 1.82) is 0 Å². The van der Waals surface area contributed by atoms with E-state index in [1.807, 2.05) is 32.0 Å². The highest BCUT2D eigenvalue weighted by Gasteiger charge is 2.43. The first-order valence-electron chi connectivity index (χ1n) is 12.1. The predicted octanol–water partition coefficient (Wildman–Crippen LogP) is 4.56. The lowest BCUT2D eigenvalue weighted by molar-refractivity contribution is -0.142. The van der Waals surface area contributed by atoms with Crippen LogP contribution in [0.3, 0.4) is 0 Å². The molecule has 2 atom stereocenters. The van der Waals surface area contributed by atoms with Gasteiger partial charge >= 0.3 is 6.09 Å². The maximum Gasteiger partial charge on any atom is 0.408 e. The number of nitrogens with zero attached hydrogens (tertiary/aromatic N) is 1. The van der Waals surface area contributed by atoms with Crippen molar-refractivity contribution in [3.8, 4) is 0 Å². The fourth-order valence-electron chi connectivity index (χ4n) is 3.81. The van der Waals surface area contributed by atoms with E-state index in [0.29, 0.717) is 6.54 Å². The van der Waals surface area contributed by atoms with Gasteiger partial charge in [0.25, 0.3) is 0 Å². The Morgan fingerprint density at radius 1 is 1.15 bits per heavy atom. The molecule has 1 aliphatic rings. The van der Waals surface area contributed by atoms with Crippen LogP contribution in [-0.2, 0) is 14.3 Å². The van der Waals surface area contributed by atoms with E-state index in [9.17, 15) is 14.4 Å².